The van der Waals surface area contributed by atoms with Crippen molar-refractivity contribution in [2.45, 2.75) is 33.2 Å². The highest BCUT2D eigenvalue weighted by atomic mass is 16.4. The topological polar surface area (TPSA) is 53.4 Å². The zero-order chi connectivity index (χ0) is 14.7. The van der Waals surface area contributed by atoms with Crippen LogP contribution in [0.4, 0.5) is 5.82 Å². The first-order valence-corrected chi connectivity index (χ1v) is 6.94. The van der Waals surface area contributed by atoms with E-state index in [2.05, 4.69) is 30.7 Å². The van der Waals surface area contributed by atoms with Gasteiger partial charge in [-0.15, -0.1) is 0 Å². The smallest absolute Gasteiger partial charge is 0.339 e. The highest BCUT2D eigenvalue weighted by Crippen LogP contribution is 2.25. The number of carboxylic acid groups (broad SMARTS) is 1. The Labute approximate surface area is 119 Å². The summed E-state index contributed by atoms with van der Waals surface area (Å²) in [5.41, 5.74) is 1.10. The van der Waals surface area contributed by atoms with E-state index >= 15 is 0 Å². The monoisotopic (exact) mass is 272 g/mol. The average molecular weight is 272 g/mol. The number of aromatic nitrogens is 1. The van der Waals surface area contributed by atoms with Crippen LogP contribution in [0.25, 0.3) is 10.9 Å². The first kappa shape index (κ1) is 14.3. The quantitative estimate of drug-likeness (QED) is 0.904. The predicted octanol–water partition coefficient (Wildman–Crippen LogP) is 3.56. The number of para-hydroxylation sites is 1. The maximum absolute atomic E-state index is 11.5. The molecule has 0 saturated heterocycles. The highest BCUT2D eigenvalue weighted by Gasteiger charge is 2.20. The number of hydrogen-bond acceptors (Lipinski definition) is 3. The normalized spacial score (nSPS) is 11.0. The lowest BCUT2D eigenvalue weighted by Crippen LogP contribution is -2.33. The van der Waals surface area contributed by atoms with Gasteiger partial charge in [0.1, 0.15) is 11.4 Å². The van der Waals surface area contributed by atoms with E-state index in [1.54, 1.807) is 6.07 Å². The molecule has 0 spiro atoms. The number of nitrogens with zero attached hydrogens (tertiary/aromatic N) is 2. The van der Waals surface area contributed by atoms with Crippen molar-refractivity contribution < 1.29 is 9.90 Å². The van der Waals surface area contributed by atoms with Crippen LogP contribution in [0.15, 0.2) is 30.3 Å². The number of fused-ring (bicyclic) bond motifs is 1. The lowest BCUT2D eigenvalue weighted by Gasteiger charge is -2.28. The second-order valence-electron chi connectivity index (χ2n) is 5.14. The lowest BCUT2D eigenvalue weighted by atomic mass is 10.1. The Balaban J connectivity index is 2.64. The van der Waals surface area contributed by atoms with Crippen LogP contribution >= 0.6 is 0 Å². The molecule has 0 bridgehead atoms. The maximum atomic E-state index is 11.5. The number of aromatic carboxylic acids is 1. The van der Waals surface area contributed by atoms with Crippen molar-refractivity contribution >= 4 is 22.7 Å². The van der Waals surface area contributed by atoms with E-state index in [1.807, 2.05) is 24.3 Å². The predicted molar refractivity (Wildman–Crippen MR) is 81.5 cm³/mol. The first-order valence-electron chi connectivity index (χ1n) is 6.94. The summed E-state index contributed by atoms with van der Waals surface area (Å²) in [5, 5.41) is 10.3. The fraction of sp³-hybridized carbons (Fsp3) is 0.375. The molecular weight excluding hydrogens is 252 g/mol. The van der Waals surface area contributed by atoms with Gasteiger partial charge in [-0.1, -0.05) is 25.1 Å². The largest absolute Gasteiger partial charge is 0.478 e. The number of pyridine rings is 1. The standard InChI is InChI=1S/C16H20N2O2/c1-4-9-18(11(2)3)15-13(16(19)20)10-12-7-5-6-8-14(12)17-15/h5-8,10-11H,4,9H2,1-3H3,(H,19,20). The van der Waals surface area contributed by atoms with E-state index in [0.29, 0.717) is 5.82 Å². The van der Waals surface area contributed by atoms with Gasteiger partial charge in [0, 0.05) is 18.0 Å². The van der Waals surface area contributed by atoms with Gasteiger partial charge in [-0.2, -0.15) is 0 Å². The Kier molecular flexibility index (Phi) is 4.23. The van der Waals surface area contributed by atoms with E-state index in [-0.39, 0.29) is 11.6 Å². The van der Waals surface area contributed by atoms with Gasteiger partial charge in [0.2, 0.25) is 0 Å². The summed E-state index contributed by atoms with van der Waals surface area (Å²) in [6.07, 6.45) is 0.950. The summed E-state index contributed by atoms with van der Waals surface area (Å²) in [5.74, 6) is -0.368. The van der Waals surface area contributed by atoms with Gasteiger partial charge in [0.05, 0.1) is 5.52 Å². The molecule has 0 amide bonds. The van der Waals surface area contributed by atoms with Crippen LogP contribution < -0.4 is 4.90 Å². The number of anilines is 1. The van der Waals surface area contributed by atoms with Crippen LogP contribution in [0, 0.1) is 0 Å². The van der Waals surface area contributed by atoms with Crippen LogP contribution in [0.5, 0.6) is 0 Å². The Morgan fingerprint density at radius 2 is 2.05 bits per heavy atom. The highest BCUT2D eigenvalue weighted by molar-refractivity contribution is 5.98. The third-order valence-corrected chi connectivity index (χ3v) is 3.29. The van der Waals surface area contributed by atoms with Crippen molar-refractivity contribution in [1.82, 2.24) is 4.98 Å². The van der Waals surface area contributed by atoms with Gasteiger partial charge in [0.25, 0.3) is 0 Å². The van der Waals surface area contributed by atoms with Gasteiger partial charge < -0.3 is 10.0 Å². The minimum Gasteiger partial charge on any atom is -0.478 e. The third kappa shape index (κ3) is 2.74. The van der Waals surface area contributed by atoms with E-state index < -0.39 is 5.97 Å². The molecule has 2 rings (SSSR count). The summed E-state index contributed by atoms with van der Waals surface area (Å²) < 4.78 is 0. The Morgan fingerprint density at radius 3 is 2.65 bits per heavy atom. The molecule has 0 atom stereocenters. The van der Waals surface area contributed by atoms with Gasteiger partial charge >= 0.3 is 5.97 Å². The molecule has 0 saturated carbocycles. The molecule has 20 heavy (non-hydrogen) atoms. The van der Waals surface area contributed by atoms with Crippen LogP contribution in [-0.2, 0) is 0 Å². The second-order valence-corrected chi connectivity index (χ2v) is 5.14. The molecule has 106 valence electrons. The summed E-state index contributed by atoms with van der Waals surface area (Å²) in [6.45, 7) is 6.98. The lowest BCUT2D eigenvalue weighted by molar-refractivity contribution is 0.0697. The maximum Gasteiger partial charge on any atom is 0.339 e. The summed E-state index contributed by atoms with van der Waals surface area (Å²) in [7, 11) is 0. The molecule has 0 aliphatic rings. The van der Waals surface area contributed by atoms with Crippen LogP contribution in [0.1, 0.15) is 37.6 Å². The molecule has 2 aromatic rings. The first-order chi connectivity index (χ1) is 9.54. The molecule has 1 aromatic carbocycles. The van der Waals surface area contributed by atoms with Crippen molar-refractivity contribution in [3.8, 4) is 0 Å². The fourth-order valence-corrected chi connectivity index (χ4v) is 2.33. The summed E-state index contributed by atoms with van der Waals surface area (Å²) in [6, 6.07) is 9.53. The molecule has 0 unspecified atom stereocenters. The van der Waals surface area contributed by atoms with Crippen molar-refractivity contribution in [1.29, 1.82) is 0 Å². The van der Waals surface area contributed by atoms with E-state index in [0.717, 1.165) is 23.9 Å². The molecular formula is C16H20N2O2. The SMILES string of the molecule is CCCN(c1nc2ccccc2cc1C(=O)O)C(C)C. The molecule has 4 heteroatoms. The number of carboxylic acids is 1. The van der Waals surface area contributed by atoms with Crippen LogP contribution in [0.2, 0.25) is 0 Å². The van der Waals surface area contributed by atoms with Gasteiger partial charge in [-0.25, -0.2) is 9.78 Å². The molecule has 4 nitrogen and oxygen atoms in total. The fourth-order valence-electron chi connectivity index (χ4n) is 2.33. The molecule has 1 aromatic heterocycles. The zero-order valence-electron chi connectivity index (χ0n) is 12.1. The molecule has 0 aliphatic carbocycles. The van der Waals surface area contributed by atoms with Gasteiger partial charge in [0.15, 0.2) is 0 Å². The number of hydrogen-bond donors (Lipinski definition) is 1. The van der Waals surface area contributed by atoms with Crippen LogP contribution in [-0.4, -0.2) is 28.6 Å². The second kappa shape index (κ2) is 5.90. The Morgan fingerprint density at radius 1 is 1.35 bits per heavy atom. The van der Waals surface area contributed by atoms with Crippen molar-refractivity contribution in [2.75, 3.05) is 11.4 Å². The molecule has 0 radical (unpaired) electrons. The average Bonchev–Trinajstić information content (AvgIpc) is 2.43. The minimum absolute atomic E-state index is 0.210. The molecule has 0 aliphatic heterocycles. The molecule has 0 fully saturated rings. The van der Waals surface area contributed by atoms with Gasteiger partial charge in [-0.3, -0.25) is 0 Å². The zero-order valence-corrected chi connectivity index (χ0v) is 12.1. The third-order valence-electron chi connectivity index (χ3n) is 3.29. The van der Waals surface area contributed by atoms with Crippen LogP contribution in [0.3, 0.4) is 0 Å². The minimum atomic E-state index is -0.931. The summed E-state index contributed by atoms with van der Waals surface area (Å²) in [4.78, 5) is 18.2. The number of rotatable bonds is 5. The number of carbonyl (C=O) groups is 1. The van der Waals surface area contributed by atoms with Gasteiger partial charge in [-0.05, 0) is 32.4 Å². The summed E-state index contributed by atoms with van der Waals surface area (Å²) >= 11 is 0. The van der Waals surface area contributed by atoms with Crippen molar-refractivity contribution in [3.05, 3.63) is 35.9 Å². The van der Waals surface area contributed by atoms with E-state index in [4.69, 9.17) is 0 Å². The Hall–Kier alpha value is -2.10. The van der Waals surface area contributed by atoms with E-state index in [1.165, 1.54) is 0 Å². The van der Waals surface area contributed by atoms with Crippen molar-refractivity contribution in [3.63, 3.8) is 0 Å². The van der Waals surface area contributed by atoms with E-state index in [9.17, 15) is 9.90 Å². The molecule has 1 heterocycles. The molecule has 1 N–H and O–H groups in total. The Bertz CT molecular complexity index is 623. The number of benzene rings is 1. The van der Waals surface area contributed by atoms with Crippen molar-refractivity contribution in [2.24, 2.45) is 0 Å².